The van der Waals surface area contributed by atoms with E-state index in [1.54, 1.807) is 36.5 Å². The van der Waals surface area contributed by atoms with Crippen LogP contribution in [0.25, 0.3) is 22.3 Å². The number of halogens is 1. The average Bonchev–Trinajstić information content (AvgIpc) is 2.97. The smallest absolute Gasteiger partial charge is 0.251 e. The molecule has 5 rings (SSSR count). The summed E-state index contributed by atoms with van der Waals surface area (Å²) in [6.07, 6.45) is 1.70. The zero-order valence-electron chi connectivity index (χ0n) is 24.0. The molecule has 1 aromatic carbocycles. The first-order valence-corrected chi connectivity index (χ1v) is 14.9. The van der Waals surface area contributed by atoms with Gasteiger partial charge in [0, 0.05) is 53.0 Å². The molecule has 4 aromatic rings. The van der Waals surface area contributed by atoms with Gasteiger partial charge >= 0.3 is 0 Å². The minimum Gasteiger partial charge on any atom is -0.396 e. The van der Waals surface area contributed by atoms with Crippen molar-refractivity contribution in [2.24, 2.45) is 0 Å². The van der Waals surface area contributed by atoms with Gasteiger partial charge in [0.2, 0.25) is 0 Å². The number of benzene rings is 1. The Morgan fingerprint density at radius 1 is 1.09 bits per heavy atom. The molecule has 6 radical (unpaired) electrons. The van der Waals surface area contributed by atoms with Crippen molar-refractivity contribution in [3.8, 4) is 11.4 Å². The van der Waals surface area contributed by atoms with Crippen LogP contribution in [0.5, 0.6) is 0 Å². The maximum absolute atomic E-state index is 14.7. The SMILES string of the molecule is [B]C([B])([B])c1ccc(C(=O)NCc2cc3nc(-c4cc(F)cc(N5CC(C)OC(C)C5)n4)ccc3cn2)cc1SCCO. The Morgan fingerprint density at radius 3 is 2.58 bits per heavy atom. The minimum absolute atomic E-state index is 0.0105. The number of thioether (sulfide) groups is 1. The third-order valence-corrected chi connectivity index (χ3v) is 7.94. The van der Waals surface area contributed by atoms with Gasteiger partial charge in [0.1, 0.15) is 11.6 Å². The molecule has 1 saturated heterocycles. The van der Waals surface area contributed by atoms with E-state index in [2.05, 4.69) is 10.3 Å². The monoisotopic (exact) mass is 591 g/mol. The Hall–Kier alpha value is -3.41. The van der Waals surface area contributed by atoms with Gasteiger partial charge in [0.05, 0.1) is 71.5 Å². The van der Waals surface area contributed by atoms with Crippen molar-refractivity contribution in [3.05, 3.63) is 77.4 Å². The number of amides is 1. The number of aromatic nitrogens is 3. The Morgan fingerprint density at radius 2 is 1.86 bits per heavy atom. The van der Waals surface area contributed by atoms with E-state index in [0.717, 1.165) is 5.39 Å². The molecule has 0 saturated carbocycles. The van der Waals surface area contributed by atoms with Crippen LogP contribution in [-0.2, 0) is 16.4 Å². The van der Waals surface area contributed by atoms with E-state index in [0.29, 0.717) is 63.3 Å². The summed E-state index contributed by atoms with van der Waals surface area (Å²) in [5.41, 5.74) is 3.01. The number of nitrogens with zero attached hydrogens (tertiary/aromatic N) is 4. The number of rotatable bonds is 9. The van der Waals surface area contributed by atoms with Crippen molar-refractivity contribution >= 4 is 57.9 Å². The largest absolute Gasteiger partial charge is 0.396 e. The molecule has 43 heavy (non-hydrogen) atoms. The third kappa shape index (κ3) is 7.58. The molecule has 1 aliphatic rings. The molecule has 0 bridgehead atoms. The van der Waals surface area contributed by atoms with Gasteiger partial charge in [-0.2, -0.15) is 0 Å². The maximum Gasteiger partial charge on any atom is 0.251 e. The maximum atomic E-state index is 14.7. The standard InChI is InChI=1S/C30H29B3FN5O3S/c1-17-15-39(16-18(2)42-17)28-11-21(34)10-26(38-28)24-6-4-20-13-35-22(12-25(20)37-24)14-36-29(41)19-3-5-23(30(31,32)33)27(9-19)43-8-7-40/h3-6,9-13,17-18,40H,7-8,14-16H2,1-2H3,(H,36,41). The van der Waals surface area contributed by atoms with Gasteiger partial charge in [-0.1, -0.05) is 11.6 Å². The molecule has 4 heterocycles. The predicted molar refractivity (Wildman–Crippen MR) is 169 cm³/mol. The fourth-order valence-electron chi connectivity index (χ4n) is 5.01. The van der Waals surface area contributed by atoms with Crippen LogP contribution in [0.3, 0.4) is 0 Å². The molecule has 13 heteroatoms. The Kier molecular flexibility index (Phi) is 9.44. The molecule has 0 aliphatic carbocycles. The van der Waals surface area contributed by atoms with E-state index in [1.165, 1.54) is 23.9 Å². The van der Waals surface area contributed by atoms with Crippen molar-refractivity contribution in [1.82, 2.24) is 20.3 Å². The molecular formula is C30H29B3FN5O3S. The van der Waals surface area contributed by atoms with E-state index in [4.69, 9.17) is 38.2 Å². The van der Waals surface area contributed by atoms with Gasteiger partial charge in [-0.15, -0.1) is 16.9 Å². The first-order valence-electron chi connectivity index (χ1n) is 13.9. The molecule has 214 valence electrons. The van der Waals surface area contributed by atoms with E-state index in [-0.39, 0.29) is 31.3 Å². The summed E-state index contributed by atoms with van der Waals surface area (Å²) >= 11 is 1.30. The lowest BCUT2D eigenvalue weighted by Crippen LogP contribution is -2.45. The normalized spacial score (nSPS) is 17.3. The van der Waals surface area contributed by atoms with Crippen molar-refractivity contribution in [2.45, 2.75) is 42.6 Å². The van der Waals surface area contributed by atoms with Crippen LogP contribution in [0.2, 0.25) is 0 Å². The lowest BCUT2D eigenvalue weighted by molar-refractivity contribution is -0.00547. The first kappa shape index (κ1) is 31.0. The number of hydrogen-bond donors (Lipinski definition) is 2. The van der Waals surface area contributed by atoms with Crippen LogP contribution in [0.4, 0.5) is 10.2 Å². The Bertz CT molecular complexity index is 1630. The number of aliphatic hydroxyl groups is 1. The molecule has 0 spiro atoms. The van der Waals surface area contributed by atoms with Gasteiger partial charge in [-0.05, 0) is 44.2 Å². The highest BCUT2D eigenvalue weighted by atomic mass is 32.2. The van der Waals surface area contributed by atoms with Crippen LogP contribution in [0.15, 0.2) is 59.6 Å². The van der Waals surface area contributed by atoms with Gasteiger partial charge in [0.25, 0.3) is 5.91 Å². The molecule has 2 unspecified atom stereocenters. The number of pyridine rings is 3. The van der Waals surface area contributed by atoms with Crippen LogP contribution < -0.4 is 10.2 Å². The van der Waals surface area contributed by atoms with Crippen molar-refractivity contribution < 1.29 is 19.0 Å². The van der Waals surface area contributed by atoms with E-state index in [9.17, 15) is 14.3 Å². The van der Waals surface area contributed by atoms with Gasteiger partial charge in [0.15, 0.2) is 0 Å². The van der Waals surface area contributed by atoms with E-state index < -0.39 is 10.9 Å². The summed E-state index contributed by atoms with van der Waals surface area (Å²) in [6.45, 7) is 5.30. The Balaban J connectivity index is 1.34. The number of ether oxygens (including phenoxy) is 1. The molecule has 1 aliphatic heterocycles. The number of hydrogen-bond acceptors (Lipinski definition) is 8. The summed E-state index contributed by atoms with van der Waals surface area (Å²) in [7, 11) is 17.6. The number of anilines is 1. The second-order valence-electron chi connectivity index (χ2n) is 10.7. The van der Waals surface area contributed by atoms with Gasteiger partial charge in [-0.25, -0.2) is 14.4 Å². The molecule has 2 N–H and O–H groups in total. The van der Waals surface area contributed by atoms with Crippen molar-refractivity contribution in [2.75, 3.05) is 30.3 Å². The summed E-state index contributed by atoms with van der Waals surface area (Å²) in [5, 5.41) is 11.3. The fraction of sp³-hybridized carbons (Fsp3) is 0.333. The van der Waals surface area contributed by atoms with Crippen molar-refractivity contribution in [3.63, 3.8) is 0 Å². The van der Waals surface area contributed by atoms with E-state index in [1.807, 2.05) is 24.8 Å². The topological polar surface area (TPSA) is 100 Å². The zero-order valence-corrected chi connectivity index (χ0v) is 24.8. The molecule has 2 atom stereocenters. The van der Waals surface area contributed by atoms with Crippen LogP contribution in [0.1, 0.15) is 35.5 Å². The van der Waals surface area contributed by atoms with Crippen molar-refractivity contribution in [1.29, 1.82) is 0 Å². The highest BCUT2D eigenvalue weighted by Gasteiger charge is 2.24. The van der Waals surface area contributed by atoms with Crippen LogP contribution >= 0.6 is 11.8 Å². The summed E-state index contributed by atoms with van der Waals surface area (Å²) < 4.78 is 20.5. The average molecular weight is 591 g/mol. The Labute approximate surface area is 258 Å². The molecular weight excluding hydrogens is 562 g/mol. The minimum atomic E-state index is -1.59. The summed E-state index contributed by atoms with van der Waals surface area (Å²) in [4.78, 5) is 29.5. The number of morpholine rings is 1. The lowest BCUT2D eigenvalue weighted by Gasteiger charge is -2.36. The quantitative estimate of drug-likeness (QED) is 0.227. The van der Waals surface area contributed by atoms with Crippen LogP contribution in [-0.4, -0.2) is 87.2 Å². The zero-order chi connectivity index (χ0) is 30.7. The second-order valence-corrected chi connectivity index (χ2v) is 11.8. The fourth-order valence-corrected chi connectivity index (χ4v) is 5.93. The number of carbonyl (C=O) groups is 1. The summed E-state index contributed by atoms with van der Waals surface area (Å²) in [6, 6.07) is 13.1. The molecule has 1 amide bonds. The van der Waals surface area contributed by atoms with E-state index >= 15 is 0 Å². The molecule has 3 aromatic heterocycles. The highest BCUT2D eigenvalue weighted by molar-refractivity contribution is 7.99. The number of aliphatic hydroxyl groups excluding tert-OH is 1. The number of nitrogens with one attached hydrogen (secondary N) is 1. The third-order valence-electron chi connectivity index (χ3n) is 6.90. The first-order chi connectivity index (χ1) is 20.5. The number of fused-ring (bicyclic) bond motifs is 1. The number of carbonyl (C=O) groups excluding carboxylic acids is 1. The van der Waals surface area contributed by atoms with Gasteiger partial charge in [-0.3, -0.25) is 9.78 Å². The van der Waals surface area contributed by atoms with Crippen LogP contribution in [0, 0.1) is 5.82 Å². The second kappa shape index (κ2) is 13.1. The molecule has 1 fully saturated rings. The summed E-state index contributed by atoms with van der Waals surface area (Å²) in [5.74, 6) is 0.203. The predicted octanol–water partition coefficient (Wildman–Crippen LogP) is 3.07. The van der Waals surface area contributed by atoms with Gasteiger partial charge < -0.3 is 20.1 Å². The highest BCUT2D eigenvalue weighted by Crippen LogP contribution is 2.30. The molecule has 8 nitrogen and oxygen atoms in total. The lowest BCUT2D eigenvalue weighted by atomic mass is 9.40.